The molecule has 7 heteroatoms. The zero-order chi connectivity index (χ0) is 19.6. The molecule has 1 aromatic carbocycles. The third-order valence-electron chi connectivity index (χ3n) is 6.56. The quantitative estimate of drug-likeness (QED) is 0.790. The van der Waals surface area contributed by atoms with Crippen molar-refractivity contribution in [3.8, 4) is 0 Å². The van der Waals surface area contributed by atoms with Gasteiger partial charge >= 0.3 is 0 Å². The van der Waals surface area contributed by atoms with Gasteiger partial charge in [0.05, 0.1) is 4.90 Å². The fraction of sp³-hybridized carbons (Fsp3) is 0.667. The highest BCUT2D eigenvalue weighted by Crippen LogP contribution is 2.28. The van der Waals surface area contributed by atoms with E-state index in [0.29, 0.717) is 23.9 Å². The molecule has 3 aliphatic rings. The Morgan fingerprint density at radius 1 is 0.929 bits per heavy atom. The molecule has 6 nitrogen and oxygen atoms in total. The topological polar surface area (TPSA) is 69.7 Å². The Balaban J connectivity index is 1.28. The monoisotopic (exact) mass is 405 g/mol. The first kappa shape index (κ1) is 19.7. The average molecular weight is 406 g/mol. The Kier molecular flexibility index (Phi) is 5.92. The molecule has 0 unspecified atom stereocenters. The molecule has 3 fully saturated rings. The number of amides is 1. The summed E-state index contributed by atoms with van der Waals surface area (Å²) in [6.45, 7) is 3.95. The number of nitrogens with zero attached hydrogens (tertiary/aromatic N) is 2. The molecular weight excluding hydrogens is 374 g/mol. The first-order valence-corrected chi connectivity index (χ1v) is 12.1. The maximum atomic E-state index is 12.6. The van der Waals surface area contributed by atoms with Crippen molar-refractivity contribution in [1.82, 2.24) is 9.62 Å². The number of anilines is 1. The standard InChI is InChI=1S/C21H31N3O3S/c25-21(18-4-3-5-18)22-16-17-10-14-23(15-11-17)19-6-8-20(9-7-19)28(26,27)24-12-1-2-13-24/h6-9,17-18H,1-5,10-16H2,(H,22,25). The minimum atomic E-state index is -3.34. The Morgan fingerprint density at radius 2 is 1.57 bits per heavy atom. The normalized spacial score (nSPS) is 22.2. The second kappa shape index (κ2) is 8.41. The van der Waals surface area contributed by atoms with E-state index in [0.717, 1.165) is 63.8 Å². The molecule has 2 saturated heterocycles. The number of rotatable bonds is 6. The summed E-state index contributed by atoms with van der Waals surface area (Å²) in [6, 6.07) is 7.35. The molecule has 1 aromatic rings. The fourth-order valence-electron chi connectivity index (χ4n) is 4.36. The van der Waals surface area contributed by atoms with E-state index in [1.807, 2.05) is 12.1 Å². The van der Waals surface area contributed by atoms with Crippen LogP contribution in [-0.2, 0) is 14.8 Å². The predicted octanol–water partition coefficient (Wildman–Crippen LogP) is 2.60. The van der Waals surface area contributed by atoms with E-state index in [1.165, 1.54) is 6.42 Å². The highest BCUT2D eigenvalue weighted by Gasteiger charge is 2.28. The Morgan fingerprint density at radius 3 is 2.14 bits per heavy atom. The van der Waals surface area contributed by atoms with Crippen molar-refractivity contribution >= 4 is 21.6 Å². The summed E-state index contributed by atoms with van der Waals surface area (Å²) >= 11 is 0. The number of hydrogen-bond acceptors (Lipinski definition) is 4. The molecule has 1 amide bonds. The van der Waals surface area contributed by atoms with Gasteiger partial charge in [-0.2, -0.15) is 4.31 Å². The number of carbonyl (C=O) groups excluding carboxylic acids is 1. The van der Waals surface area contributed by atoms with E-state index < -0.39 is 10.0 Å². The SMILES string of the molecule is O=C(NCC1CCN(c2ccc(S(=O)(=O)N3CCCC3)cc2)CC1)C1CCC1. The highest BCUT2D eigenvalue weighted by molar-refractivity contribution is 7.89. The van der Waals surface area contributed by atoms with Crippen LogP contribution in [0, 0.1) is 11.8 Å². The summed E-state index contributed by atoms with van der Waals surface area (Å²) in [7, 11) is -3.34. The number of sulfonamides is 1. The third-order valence-corrected chi connectivity index (χ3v) is 8.47. The van der Waals surface area contributed by atoms with Crippen molar-refractivity contribution in [1.29, 1.82) is 0 Å². The zero-order valence-electron chi connectivity index (χ0n) is 16.5. The first-order valence-electron chi connectivity index (χ1n) is 10.7. The second-order valence-electron chi connectivity index (χ2n) is 8.41. The van der Waals surface area contributed by atoms with Crippen LogP contribution < -0.4 is 10.2 Å². The summed E-state index contributed by atoms with van der Waals surface area (Å²) in [4.78, 5) is 14.7. The minimum Gasteiger partial charge on any atom is -0.372 e. The highest BCUT2D eigenvalue weighted by atomic mass is 32.2. The van der Waals surface area contributed by atoms with Gasteiger partial charge in [-0.05, 0) is 68.7 Å². The van der Waals surface area contributed by atoms with Crippen LogP contribution in [-0.4, -0.2) is 51.4 Å². The van der Waals surface area contributed by atoms with Crippen molar-refractivity contribution in [3.05, 3.63) is 24.3 Å². The lowest BCUT2D eigenvalue weighted by Crippen LogP contribution is -2.41. The van der Waals surface area contributed by atoms with E-state index >= 15 is 0 Å². The zero-order valence-corrected chi connectivity index (χ0v) is 17.3. The molecule has 0 spiro atoms. The summed E-state index contributed by atoms with van der Waals surface area (Å²) in [5, 5.41) is 3.13. The molecule has 154 valence electrons. The second-order valence-corrected chi connectivity index (χ2v) is 10.3. The van der Waals surface area contributed by atoms with E-state index in [4.69, 9.17) is 0 Å². The van der Waals surface area contributed by atoms with Crippen LogP contribution in [0.15, 0.2) is 29.2 Å². The molecule has 0 bridgehead atoms. The van der Waals surface area contributed by atoms with Gasteiger partial charge in [-0.1, -0.05) is 6.42 Å². The smallest absolute Gasteiger partial charge is 0.243 e. The number of benzene rings is 1. The van der Waals surface area contributed by atoms with E-state index in [-0.39, 0.29) is 11.8 Å². The Bertz CT molecular complexity index is 776. The minimum absolute atomic E-state index is 0.239. The number of hydrogen-bond donors (Lipinski definition) is 1. The molecule has 28 heavy (non-hydrogen) atoms. The Labute approximate surface area is 168 Å². The van der Waals surface area contributed by atoms with E-state index in [9.17, 15) is 13.2 Å². The lowest BCUT2D eigenvalue weighted by molar-refractivity contribution is -0.127. The van der Waals surface area contributed by atoms with Crippen LogP contribution in [0.5, 0.6) is 0 Å². The lowest BCUT2D eigenvalue weighted by atomic mass is 9.84. The van der Waals surface area contributed by atoms with Crippen molar-refractivity contribution in [2.24, 2.45) is 11.8 Å². The van der Waals surface area contributed by atoms with E-state index in [1.54, 1.807) is 16.4 Å². The number of nitrogens with one attached hydrogen (secondary N) is 1. The summed E-state index contributed by atoms with van der Waals surface area (Å²) in [6.07, 6.45) is 7.30. The van der Waals surface area contributed by atoms with Gasteiger partial charge in [0.1, 0.15) is 0 Å². The molecule has 2 aliphatic heterocycles. The molecule has 1 aliphatic carbocycles. The van der Waals surface area contributed by atoms with Crippen LogP contribution in [0.25, 0.3) is 0 Å². The van der Waals surface area contributed by atoms with Gasteiger partial charge in [-0.25, -0.2) is 8.42 Å². The summed E-state index contributed by atoms with van der Waals surface area (Å²) in [5.41, 5.74) is 1.08. The van der Waals surface area contributed by atoms with Crippen LogP contribution in [0.3, 0.4) is 0 Å². The van der Waals surface area contributed by atoms with E-state index in [2.05, 4.69) is 10.2 Å². The first-order chi connectivity index (χ1) is 13.5. The van der Waals surface area contributed by atoms with Gasteiger partial charge in [0.25, 0.3) is 0 Å². The van der Waals surface area contributed by atoms with Gasteiger partial charge < -0.3 is 10.2 Å². The van der Waals surface area contributed by atoms with Crippen LogP contribution in [0.1, 0.15) is 44.9 Å². The predicted molar refractivity (Wildman–Crippen MR) is 110 cm³/mol. The van der Waals surface area contributed by atoms with Crippen molar-refractivity contribution < 1.29 is 13.2 Å². The van der Waals surface area contributed by atoms with Gasteiger partial charge in [-0.3, -0.25) is 4.79 Å². The molecule has 4 rings (SSSR count). The molecule has 0 aromatic heterocycles. The number of carbonyl (C=O) groups is 1. The summed E-state index contributed by atoms with van der Waals surface area (Å²) in [5.74, 6) is 1.04. The van der Waals surface area contributed by atoms with Crippen LogP contribution in [0.4, 0.5) is 5.69 Å². The summed E-state index contributed by atoms with van der Waals surface area (Å²) < 4.78 is 26.9. The molecule has 1 N–H and O–H groups in total. The molecule has 2 heterocycles. The van der Waals surface area contributed by atoms with Gasteiger partial charge in [-0.15, -0.1) is 0 Å². The third kappa shape index (κ3) is 4.20. The van der Waals surface area contributed by atoms with Crippen molar-refractivity contribution in [2.45, 2.75) is 49.8 Å². The molecule has 0 atom stereocenters. The van der Waals surface area contributed by atoms with Crippen molar-refractivity contribution in [2.75, 3.05) is 37.6 Å². The fourth-order valence-corrected chi connectivity index (χ4v) is 5.88. The van der Waals surface area contributed by atoms with Gasteiger partial charge in [0.2, 0.25) is 15.9 Å². The van der Waals surface area contributed by atoms with Gasteiger partial charge in [0, 0.05) is 44.3 Å². The molecule has 1 saturated carbocycles. The molecule has 0 radical (unpaired) electrons. The van der Waals surface area contributed by atoms with Crippen LogP contribution >= 0.6 is 0 Å². The molecular formula is C21H31N3O3S. The average Bonchev–Trinajstić information content (AvgIpc) is 3.21. The largest absolute Gasteiger partial charge is 0.372 e. The maximum Gasteiger partial charge on any atom is 0.243 e. The maximum absolute atomic E-state index is 12.6. The lowest BCUT2D eigenvalue weighted by Gasteiger charge is -2.34. The van der Waals surface area contributed by atoms with Crippen molar-refractivity contribution in [3.63, 3.8) is 0 Å². The number of piperidine rings is 1. The van der Waals surface area contributed by atoms with Crippen LogP contribution in [0.2, 0.25) is 0 Å². The Hall–Kier alpha value is -1.60. The van der Waals surface area contributed by atoms with Gasteiger partial charge in [0.15, 0.2) is 0 Å².